The van der Waals surface area contributed by atoms with E-state index in [0.717, 1.165) is 16.5 Å². The maximum atomic E-state index is 5.42. The van der Waals surface area contributed by atoms with Gasteiger partial charge in [-0.25, -0.2) is 0 Å². The first kappa shape index (κ1) is 13.3. The molecule has 0 heterocycles. The molecule has 0 unspecified atom stereocenters. The fraction of sp³-hybridized carbons (Fsp3) is 0.286. The van der Waals surface area contributed by atoms with E-state index in [4.69, 9.17) is 10.6 Å². The SMILES string of the molecule is CC.CCOc1ccc2ccc(ON)cc2c1. The van der Waals surface area contributed by atoms with Gasteiger partial charge in [-0.1, -0.05) is 26.0 Å². The van der Waals surface area contributed by atoms with Crippen LogP contribution in [-0.2, 0) is 0 Å². The van der Waals surface area contributed by atoms with Gasteiger partial charge in [0, 0.05) is 0 Å². The van der Waals surface area contributed by atoms with Gasteiger partial charge < -0.3 is 9.57 Å². The number of ether oxygens (including phenoxy) is 1. The number of rotatable bonds is 3. The molecular formula is C14H19NO2. The van der Waals surface area contributed by atoms with Crippen LogP contribution in [-0.4, -0.2) is 6.61 Å². The highest BCUT2D eigenvalue weighted by atomic mass is 16.6. The number of hydrogen-bond donors (Lipinski definition) is 1. The molecule has 0 radical (unpaired) electrons. The second-order valence-electron chi connectivity index (χ2n) is 3.22. The monoisotopic (exact) mass is 233 g/mol. The van der Waals surface area contributed by atoms with Crippen LogP contribution in [0.3, 0.4) is 0 Å². The van der Waals surface area contributed by atoms with Gasteiger partial charge in [0.2, 0.25) is 0 Å². The van der Waals surface area contributed by atoms with Crippen molar-refractivity contribution in [2.45, 2.75) is 20.8 Å². The Kier molecular flexibility index (Phi) is 5.30. The molecule has 0 aromatic heterocycles. The lowest BCUT2D eigenvalue weighted by Gasteiger charge is -2.05. The summed E-state index contributed by atoms with van der Waals surface area (Å²) in [6.07, 6.45) is 0. The third kappa shape index (κ3) is 3.36. The second-order valence-corrected chi connectivity index (χ2v) is 3.22. The van der Waals surface area contributed by atoms with Gasteiger partial charge in [0.1, 0.15) is 11.5 Å². The molecule has 0 saturated carbocycles. The summed E-state index contributed by atoms with van der Waals surface area (Å²) in [7, 11) is 0. The Bertz CT molecular complexity index is 469. The van der Waals surface area contributed by atoms with E-state index in [9.17, 15) is 0 Å². The molecule has 0 amide bonds. The molecule has 0 aliphatic heterocycles. The average Bonchev–Trinajstić information content (AvgIpc) is 2.40. The molecule has 2 aromatic carbocycles. The largest absolute Gasteiger partial charge is 0.494 e. The van der Waals surface area contributed by atoms with E-state index in [2.05, 4.69) is 4.84 Å². The van der Waals surface area contributed by atoms with Crippen LogP contribution >= 0.6 is 0 Å². The number of fused-ring (bicyclic) bond motifs is 1. The van der Waals surface area contributed by atoms with E-state index in [0.29, 0.717) is 12.4 Å². The van der Waals surface area contributed by atoms with Crippen molar-refractivity contribution >= 4 is 10.8 Å². The van der Waals surface area contributed by atoms with Crippen molar-refractivity contribution in [3.05, 3.63) is 36.4 Å². The Labute approximate surface area is 102 Å². The van der Waals surface area contributed by atoms with Crippen LogP contribution in [0.2, 0.25) is 0 Å². The molecule has 0 saturated heterocycles. The van der Waals surface area contributed by atoms with E-state index < -0.39 is 0 Å². The molecule has 17 heavy (non-hydrogen) atoms. The van der Waals surface area contributed by atoms with Crippen LogP contribution in [0.1, 0.15) is 20.8 Å². The smallest absolute Gasteiger partial charge is 0.147 e. The topological polar surface area (TPSA) is 44.5 Å². The van der Waals surface area contributed by atoms with Gasteiger partial charge in [-0.15, -0.1) is 0 Å². The third-order valence-corrected chi connectivity index (χ3v) is 2.23. The van der Waals surface area contributed by atoms with E-state index in [-0.39, 0.29) is 0 Å². The van der Waals surface area contributed by atoms with Crippen molar-refractivity contribution in [1.29, 1.82) is 0 Å². The van der Waals surface area contributed by atoms with Crippen LogP contribution in [0.15, 0.2) is 36.4 Å². The van der Waals surface area contributed by atoms with E-state index >= 15 is 0 Å². The van der Waals surface area contributed by atoms with Crippen LogP contribution in [0.25, 0.3) is 10.8 Å². The summed E-state index contributed by atoms with van der Waals surface area (Å²) < 4.78 is 5.42. The molecule has 0 atom stereocenters. The number of hydrogen-bond acceptors (Lipinski definition) is 3. The van der Waals surface area contributed by atoms with Crippen molar-refractivity contribution in [2.75, 3.05) is 6.61 Å². The van der Waals surface area contributed by atoms with Gasteiger partial charge in [-0.3, -0.25) is 0 Å². The van der Waals surface area contributed by atoms with Crippen molar-refractivity contribution in [1.82, 2.24) is 0 Å². The molecule has 3 heteroatoms. The summed E-state index contributed by atoms with van der Waals surface area (Å²) in [4.78, 5) is 4.68. The van der Waals surface area contributed by atoms with Crippen LogP contribution in [0.4, 0.5) is 0 Å². The van der Waals surface area contributed by atoms with Gasteiger partial charge in [0.15, 0.2) is 0 Å². The first-order valence-electron chi connectivity index (χ1n) is 5.87. The zero-order valence-electron chi connectivity index (χ0n) is 10.6. The van der Waals surface area contributed by atoms with Gasteiger partial charge in [0.25, 0.3) is 0 Å². The van der Waals surface area contributed by atoms with Gasteiger partial charge in [-0.2, -0.15) is 5.90 Å². The summed E-state index contributed by atoms with van der Waals surface area (Å²) in [5.41, 5.74) is 0. The molecule has 0 aliphatic carbocycles. The predicted molar refractivity (Wildman–Crippen MR) is 71.3 cm³/mol. The Morgan fingerprint density at radius 1 is 0.941 bits per heavy atom. The molecule has 0 spiro atoms. The highest BCUT2D eigenvalue weighted by Crippen LogP contribution is 2.24. The fourth-order valence-electron chi connectivity index (χ4n) is 1.53. The molecule has 0 bridgehead atoms. The summed E-state index contributed by atoms with van der Waals surface area (Å²) in [5, 5.41) is 2.20. The quantitative estimate of drug-likeness (QED) is 0.825. The van der Waals surface area contributed by atoms with Crippen LogP contribution in [0.5, 0.6) is 11.5 Å². The van der Waals surface area contributed by atoms with Gasteiger partial charge in [0.05, 0.1) is 6.61 Å². The summed E-state index contributed by atoms with van der Waals surface area (Å²) in [6, 6.07) is 11.6. The standard InChI is InChI=1S/C12H13NO2.C2H6/c1-2-14-11-5-3-9-4-6-12(15-13)8-10(9)7-11;1-2/h3-8H,2,13H2,1H3;1-2H3. The molecule has 0 fully saturated rings. The lowest BCUT2D eigenvalue weighted by molar-refractivity contribution is 0.335. The maximum Gasteiger partial charge on any atom is 0.147 e. The first-order valence-corrected chi connectivity index (χ1v) is 5.87. The Balaban J connectivity index is 0.000000686. The summed E-state index contributed by atoms with van der Waals surface area (Å²) in [6.45, 7) is 6.63. The lowest BCUT2D eigenvalue weighted by atomic mass is 10.1. The fourth-order valence-corrected chi connectivity index (χ4v) is 1.53. The molecule has 92 valence electrons. The van der Waals surface area contributed by atoms with Gasteiger partial charge >= 0.3 is 0 Å². The summed E-state index contributed by atoms with van der Waals surface area (Å²) in [5.74, 6) is 6.62. The minimum Gasteiger partial charge on any atom is -0.494 e. The second kappa shape index (κ2) is 6.76. The molecule has 2 rings (SSSR count). The molecule has 3 nitrogen and oxygen atoms in total. The van der Waals surface area contributed by atoms with E-state index in [1.165, 1.54) is 0 Å². The highest BCUT2D eigenvalue weighted by molar-refractivity contribution is 5.85. The number of benzene rings is 2. The molecule has 2 aromatic rings. The molecule has 2 N–H and O–H groups in total. The Morgan fingerprint density at radius 2 is 1.53 bits per heavy atom. The normalized spacial score (nSPS) is 9.41. The minimum absolute atomic E-state index is 0.649. The Hall–Kier alpha value is -1.74. The third-order valence-electron chi connectivity index (χ3n) is 2.23. The minimum atomic E-state index is 0.649. The van der Waals surface area contributed by atoms with Gasteiger partial charge in [-0.05, 0) is 42.0 Å². The lowest BCUT2D eigenvalue weighted by Crippen LogP contribution is -2.01. The maximum absolute atomic E-state index is 5.42. The molecule has 0 aliphatic rings. The zero-order chi connectivity index (χ0) is 12.7. The first-order chi connectivity index (χ1) is 8.33. The van der Waals surface area contributed by atoms with Crippen molar-refractivity contribution < 1.29 is 9.57 Å². The van der Waals surface area contributed by atoms with E-state index in [1.807, 2.05) is 57.2 Å². The predicted octanol–water partition coefficient (Wildman–Crippen LogP) is 3.52. The van der Waals surface area contributed by atoms with Crippen molar-refractivity contribution in [3.8, 4) is 11.5 Å². The molecular weight excluding hydrogens is 214 g/mol. The van der Waals surface area contributed by atoms with E-state index in [1.54, 1.807) is 0 Å². The summed E-state index contributed by atoms with van der Waals surface area (Å²) >= 11 is 0. The van der Waals surface area contributed by atoms with Crippen LogP contribution < -0.4 is 15.5 Å². The number of nitrogens with two attached hydrogens (primary N) is 1. The van der Waals surface area contributed by atoms with Crippen LogP contribution in [0, 0.1) is 0 Å². The Morgan fingerprint density at radius 3 is 2.12 bits per heavy atom. The van der Waals surface area contributed by atoms with Crippen molar-refractivity contribution in [3.63, 3.8) is 0 Å². The average molecular weight is 233 g/mol. The zero-order valence-corrected chi connectivity index (χ0v) is 10.6. The van der Waals surface area contributed by atoms with Crippen molar-refractivity contribution in [2.24, 2.45) is 5.90 Å². The highest BCUT2D eigenvalue weighted by Gasteiger charge is 1.99.